The summed E-state index contributed by atoms with van der Waals surface area (Å²) in [6.45, 7) is 10.1. The summed E-state index contributed by atoms with van der Waals surface area (Å²) >= 11 is 0. The summed E-state index contributed by atoms with van der Waals surface area (Å²) in [6.07, 6.45) is 2.17. The molecule has 0 aliphatic heterocycles. The van der Waals surface area contributed by atoms with Gasteiger partial charge in [-0.05, 0) is 39.7 Å². The van der Waals surface area contributed by atoms with Crippen LogP contribution in [0.4, 0.5) is 0 Å². The molecule has 1 nitrogen and oxygen atoms in total. The second kappa shape index (κ2) is 9.56. The fraction of sp³-hybridized carbons (Fsp3) is 0.333. The Balaban J connectivity index is 1.84. The third-order valence-corrected chi connectivity index (χ3v) is 10.8. The Labute approximate surface area is 177 Å². The topological polar surface area (TPSA) is 9.23 Å². The van der Waals surface area contributed by atoms with Crippen molar-refractivity contribution in [3.8, 4) is 0 Å². The van der Waals surface area contributed by atoms with Crippen molar-refractivity contribution in [2.75, 3.05) is 6.61 Å². The summed E-state index contributed by atoms with van der Waals surface area (Å²) in [7, 11) is -2.41. The molecular formula is C27H34OSi. The predicted molar refractivity (Wildman–Crippen MR) is 128 cm³/mol. The number of benzene rings is 3. The van der Waals surface area contributed by atoms with Gasteiger partial charge in [0.25, 0.3) is 8.32 Å². The molecule has 0 amide bonds. The average Bonchev–Trinajstić information content (AvgIpc) is 2.72. The second-order valence-corrected chi connectivity index (χ2v) is 13.4. The Hall–Kier alpha value is -2.16. The first-order valence-electron chi connectivity index (χ1n) is 10.7. The molecule has 152 valence electrons. The monoisotopic (exact) mass is 402 g/mol. The van der Waals surface area contributed by atoms with Gasteiger partial charge in [-0.25, -0.2) is 0 Å². The van der Waals surface area contributed by atoms with E-state index in [1.165, 1.54) is 15.9 Å². The summed E-state index contributed by atoms with van der Waals surface area (Å²) in [4.78, 5) is 0. The summed E-state index contributed by atoms with van der Waals surface area (Å²) in [5.41, 5.74) is 1.41. The Morgan fingerprint density at radius 1 is 0.724 bits per heavy atom. The number of rotatable bonds is 8. The molecule has 0 spiro atoms. The molecule has 0 aliphatic rings. The van der Waals surface area contributed by atoms with Crippen molar-refractivity contribution in [1.29, 1.82) is 0 Å². The van der Waals surface area contributed by atoms with E-state index >= 15 is 0 Å². The molecule has 1 atom stereocenters. The van der Waals surface area contributed by atoms with E-state index in [1.807, 2.05) is 0 Å². The van der Waals surface area contributed by atoms with Crippen LogP contribution >= 0.6 is 0 Å². The maximum Gasteiger partial charge on any atom is 0.261 e. The van der Waals surface area contributed by atoms with E-state index in [-0.39, 0.29) is 5.04 Å². The van der Waals surface area contributed by atoms with E-state index in [2.05, 4.69) is 119 Å². The van der Waals surface area contributed by atoms with Crippen molar-refractivity contribution >= 4 is 18.7 Å². The number of hydrogen-bond donors (Lipinski definition) is 0. The zero-order valence-corrected chi connectivity index (χ0v) is 19.3. The van der Waals surface area contributed by atoms with Crippen molar-refractivity contribution in [3.63, 3.8) is 0 Å². The number of hydrogen-bond acceptors (Lipinski definition) is 1. The van der Waals surface area contributed by atoms with Crippen molar-refractivity contribution in [3.05, 3.63) is 96.6 Å². The van der Waals surface area contributed by atoms with Crippen LogP contribution in [0.3, 0.4) is 0 Å². The first kappa shape index (κ1) is 21.5. The molecule has 1 unspecified atom stereocenters. The molecule has 0 aromatic heterocycles. The smallest absolute Gasteiger partial charge is 0.261 e. The third kappa shape index (κ3) is 5.06. The fourth-order valence-electron chi connectivity index (χ4n) is 4.29. The molecule has 0 heterocycles. The van der Waals surface area contributed by atoms with Gasteiger partial charge in [-0.3, -0.25) is 0 Å². The highest BCUT2D eigenvalue weighted by molar-refractivity contribution is 6.99. The Kier molecular flexibility index (Phi) is 7.10. The second-order valence-electron chi connectivity index (χ2n) is 9.10. The minimum atomic E-state index is -2.41. The lowest BCUT2D eigenvalue weighted by Gasteiger charge is -2.43. The molecule has 0 N–H and O–H groups in total. The molecule has 0 bridgehead atoms. The quantitative estimate of drug-likeness (QED) is 0.431. The largest absolute Gasteiger partial charge is 0.407 e. The van der Waals surface area contributed by atoms with Gasteiger partial charge in [0.1, 0.15) is 0 Å². The van der Waals surface area contributed by atoms with Crippen LogP contribution in [0.2, 0.25) is 5.04 Å². The zero-order chi connectivity index (χ0) is 20.7. The van der Waals surface area contributed by atoms with Gasteiger partial charge in [-0.2, -0.15) is 0 Å². The van der Waals surface area contributed by atoms with Gasteiger partial charge in [0, 0.05) is 6.61 Å². The van der Waals surface area contributed by atoms with Crippen LogP contribution in [0.5, 0.6) is 0 Å². The van der Waals surface area contributed by atoms with Crippen LogP contribution in [-0.2, 0) is 10.8 Å². The van der Waals surface area contributed by atoms with E-state index in [0.29, 0.717) is 5.92 Å². The van der Waals surface area contributed by atoms with Crippen LogP contribution in [0.25, 0.3) is 0 Å². The molecule has 3 aromatic rings. The zero-order valence-electron chi connectivity index (χ0n) is 18.3. The molecule has 3 aromatic carbocycles. The van der Waals surface area contributed by atoms with Crippen LogP contribution in [-0.4, -0.2) is 14.9 Å². The molecule has 0 radical (unpaired) electrons. The van der Waals surface area contributed by atoms with Crippen molar-refractivity contribution in [2.45, 2.75) is 45.6 Å². The Bertz CT molecular complexity index is 814. The van der Waals surface area contributed by atoms with Gasteiger partial charge in [0.2, 0.25) is 0 Å². The predicted octanol–water partition coefficient (Wildman–Crippen LogP) is 5.83. The minimum Gasteiger partial charge on any atom is -0.407 e. The van der Waals surface area contributed by atoms with E-state index < -0.39 is 8.32 Å². The fourth-order valence-corrected chi connectivity index (χ4v) is 8.87. The highest BCUT2D eigenvalue weighted by atomic mass is 28.4. The van der Waals surface area contributed by atoms with E-state index in [1.54, 1.807) is 0 Å². The standard InChI is InChI=1S/C27H34OSi/c1-23(22-24-14-8-5-9-15-24)20-21-28-29(27(2,3)4,25-16-10-6-11-17-25)26-18-12-7-13-19-26/h5-19,23H,20-22H2,1-4H3. The van der Waals surface area contributed by atoms with Gasteiger partial charge in [0.15, 0.2) is 0 Å². The highest BCUT2D eigenvalue weighted by Gasteiger charge is 2.49. The molecule has 0 fully saturated rings. The minimum absolute atomic E-state index is 0.0401. The molecule has 2 heteroatoms. The first-order valence-corrected chi connectivity index (χ1v) is 12.6. The molecule has 29 heavy (non-hydrogen) atoms. The van der Waals surface area contributed by atoms with Gasteiger partial charge >= 0.3 is 0 Å². The Morgan fingerprint density at radius 2 is 1.17 bits per heavy atom. The molecule has 0 saturated heterocycles. The van der Waals surface area contributed by atoms with Crippen LogP contribution in [0, 0.1) is 5.92 Å². The molecule has 0 aliphatic carbocycles. The van der Waals surface area contributed by atoms with E-state index in [4.69, 9.17) is 4.43 Å². The molecule has 0 saturated carbocycles. The lowest BCUT2D eigenvalue weighted by atomic mass is 9.99. The lowest BCUT2D eigenvalue weighted by molar-refractivity contribution is 0.267. The molecular weight excluding hydrogens is 368 g/mol. The van der Waals surface area contributed by atoms with Gasteiger partial charge in [-0.1, -0.05) is 119 Å². The maximum atomic E-state index is 7.01. The van der Waals surface area contributed by atoms with E-state index in [0.717, 1.165) is 19.4 Å². The van der Waals surface area contributed by atoms with Crippen molar-refractivity contribution < 1.29 is 4.43 Å². The maximum absolute atomic E-state index is 7.01. The summed E-state index contributed by atoms with van der Waals surface area (Å²) in [6, 6.07) is 32.6. The van der Waals surface area contributed by atoms with Crippen LogP contribution in [0.1, 0.15) is 39.7 Å². The van der Waals surface area contributed by atoms with Gasteiger partial charge < -0.3 is 4.43 Å². The third-order valence-electron chi connectivity index (χ3n) is 5.77. The highest BCUT2D eigenvalue weighted by Crippen LogP contribution is 2.37. The SMILES string of the molecule is CC(CCO[Si](c1ccccc1)(c1ccccc1)C(C)(C)C)Cc1ccccc1. The molecule has 3 rings (SSSR count). The average molecular weight is 403 g/mol. The van der Waals surface area contributed by atoms with Gasteiger partial charge in [-0.15, -0.1) is 0 Å². The summed E-state index contributed by atoms with van der Waals surface area (Å²) in [5, 5.41) is 2.75. The Morgan fingerprint density at radius 3 is 1.62 bits per heavy atom. The summed E-state index contributed by atoms with van der Waals surface area (Å²) in [5.74, 6) is 0.593. The van der Waals surface area contributed by atoms with Gasteiger partial charge in [0.05, 0.1) is 0 Å². The van der Waals surface area contributed by atoms with Crippen LogP contribution in [0.15, 0.2) is 91.0 Å². The van der Waals surface area contributed by atoms with Crippen molar-refractivity contribution in [2.24, 2.45) is 5.92 Å². The normalized spacial score (nSPS) is 13.2. The van der Waals surface area contributed by atoms with Crippen LogP contribution < -0.4 is 10.4 Å². The first-order chi connectivity index (χ1) is 13.9. The van der Waals surface area contributed by atoms with Crippen molar-refractivity contribution in [1.82, 2.24) is 0 Å². The van der Waals surface area contributed by atoms with E-state index in [9.17, 15) is 0 Å². The summed E-state index contributed by atoms with van der Waals surface area (Å²) < 4.78 is 7.01. The lowest BCUT2D eigenvalue weighted by Crippen LogP contribution is -2.66.